The van der Waals surface area contributed by atoms with E-state index in [0.717, 1.165) is 22.0 Å². The van der Waals surface area contributed by atoms with Gasteiger partial charge in [-0.2, -0.15) is 0 Å². The summed E-state index contributed by atoms with van der Waals surface area (Å²) in [5, 5.41) is 4.55. The number of anilines is 1. The molecule has 0 saturated heterocycles. The Bertz CT molecular complexity index is 426. The van der Waals surface area contributed by atoms with Gasteiger partial charge in [-0.05, 0) is 19.1 Å². The zero-order chi connectivity index (χ0) is 9.26. The molecule has 2 aromatic heterocycles. The van der Waals surface area contributed by atoms with Crippen molar-refractivity contribution >= 4 is 38.4 Å². The minimum Gasteiger partial charge on any atom is -0.362 e. The van der Waals surface area contributed by atoms with Crippen LogP contribution in [-0.2, 0) is 0 Å². The van der Waals surface area contributed by atoms with Crippen LogP contribution in [-0.4, -0.2) is 16.5 Å². The van der Waals surface area contributed by atoms with Crippen LogP contribution in [0.4, 0.5) is 5.13 Å². The second kappa shape index (κ2) is 3.47. The Morgan fingerprint density at radius 1 is 1.46 bits per heavy atom. The van der Waals surface area contributed by atoms with Crippen LogP contribution in [0.5, 0.6) is 0 Å². The first kappa shape index (κ1) is 8.72. The molecule has 0 spiro atoms. The molecule has 0 fully saturated rings. The Hall–Kier alpha value is -0.870. The lowest BCUT2D eigenvalue weighted by Gasteiger charge is -1.91. The summed E-state index contributed by atoms with van der Waals surface area (Å²) < 4.78 is 0. The summed E-state index contributed by atoms with van der Waals surface area (Å²) in [6.07, 6.45) is 0. The van der Waals surface area contributed by atoms with Gasteiger partial charge in [-0.1, -0.05) is 22.9 Å². The SMILES string of the molecule is CCNc1nc2ccc(Cl)nc2s1. The van der Waals surface area contributed by atoms with E-state index in [0.29, 0.717) is 5.15 Å². The van der Waals surface area contributed by atoms with E-state index in [2.05, 4.69) is 15.3 Å². The average Bonchev–Trinajstić information content (AvgIpc) is 2.46. The van der Waals surface area contributed by atoms with E-state index in [1.54, 1.807) is 6.07 Å². The molecule has 5 heteroatoms. The smallest absolute Gasteiger partial charge is 0.185 e. The van der Waals surface area contributed by atoms with E-state index in [1.807, 2.05) is 13.0 Å². The van der Waals surface area contributed by atoms with Crippen molar-refractivity contribution in [3.63, 3.8) is 0 Å². The second-order valence-corrected chi connectivity index (χ2v) is 3.87. The first-order chi connectivity index (χ1) is 6.29. The van der Waals surface area contributed by atoms with Gasteiger partial charge in [0.2, 0.25) is 0 Å². The molecule has 0 radical (unpaired) electrons. The van der Waals surface area contributed by atoms with Gasteiger partial charge in [-0.15, -0.1) is 0 Å². The highest BCUT2D eigenvalue weighted by molar-refractivity contribution is 7.21. The maximum atomic E-state index is 5.75. The molecule has 0 aliphatic heterocycles. The van der Waals surface area contributed by atoms with Crippen molar-refractivity contribution < 1.29 is 0 Å². The van der Waals surface area contributed by atoms with E-state index < -0.39 is 0 Å². The number of hydrogen-bond acceptors (Lipinski definition) is 4. The Morgan fingerprint density at radius 3 is 3.08 bits per heavy atom. The van der Waals surface area contributed by atoms with Crippen LogP contribution in [0.2, 0.25) is 5.15 Å². The fraction of sp³-hybridized carbons (Fsp3) is 0.250. The molecular weight excluding hydrogens is 206 g/mol. The van der Waals surface area contributed by atoms with Gasteiger partial charge >= 0.3 is 0 Å². The fourth-order valence-corrected chi connectivity index (χ4v) is 2.12. The lowest BCUT2D eigenvalue weighted by atomic mass is 10.5. The topological polar surface area (TPSA) is 37.8 Å². The van der Waals surface area contributed by atoms with Gasteiger partial charge in [0.1, 0.15) is 15.5 Å². The summed E-state index contributed by atoms with van der Waals surface area (Å²) in [4.78, 5) is 9.37. The lowest BCUT2D eigenvalue weighted by molar-refractivity contribution is 1.20. The molecule has 0 aliphatic carbocycles. The van der Waals surface area contributed by atoms with Crippen LogP contribution in [0.3, 0.4) is 0 Å². The third-order valence-corrected chi connectivity index (χ3v) is 2.68. The Morgan fingerprint density at radius 2 is 2.31 bits per heavy atom. The molecule has 0 saturated carbocycles. The zero-order valence-corrected chi connectivity index (χ0v) is 8.61. The van der Waals surface area contributed by atoms with Gasteiger partial charge in [0.25, 0.3) is 0 Å². The summed E-state index contributed by atoms with van der Waals surface area (Å²) in [5.74, 6) is 0. The highest BCUT2D eigenvalue weighted by Crippen LogP contribution is 2.25. The molecule has 0 aliphatic rings. The van der Waals surface area contributed by atoms with Gasteiger partial charge in [-0.3, -0.25) is 0 Å². The first-order valence-electron chi connectivity index (χ1n) is 3.96. The molecule has 3 nitrogen and oxygen atoms in total. The predicted molar refractivity (Wildman–Crippen MR) is 56.6 cm³/mol. The fourth-order valence-electron chi connectivity index (χ4n) is 1.02. The average molecular weight is 214 g/mol. The van der Waals surface area contributed by atoms with E-state index in [9.17, 15) is 0 Å². The third-order valence-electron chi connectivity index (χ3n) is 1.55. The zero-order valence-electron chi connectivity index (χ0n) is 7.04. The Kier molecular flexibility index (Phi) is 2.33. The molecule has 2 rings (SSSR count). The monoisotopic (exact) mass is 213 g/mol. The molecule has 0 atom stereocenters. The van der Waals surface area contributed by atoms with Gasteiger partial charge in [-0.25, -0.2) is 9.97 Å². The number of halogens is 1. The standard InChI is InChI=1S/C8H8ClN3S/c1-2-10-8-11-5-3-4-6(9)12-7(5)13-8/h3-4H,2H2,1H3,(H,10,11). The summed E-state index contributed by atoms with van der Waals surface area (Å²) in [7, 11) is 0. The number of nitrogens with one attached hydrogen (secondary N) is 1. The molecule has 68 valence electrons. The van der Waals surface area contributed by atoms with Crippen LogP contribution in [0.1, 0.15) is 6.92 Å². The predicted octanol–water partition coefficient (Wildman–Crippen LogP) is 2.78. The lowest BCUT2D eigenvalue weighted by Crippen LogP contribution is -1.94. The van der Waals surface area contributed by atoms with Crippen molar-refractivity contribution in [3.05, 3.63) is 17.3 Å². The molecule has 0 aromatic carbocycles. The maximum absolute atomic E-state index is 5.75. The Labute approximate surface area is 84.8 Å². The van der Waals surface area contributed by atoms with Crippen LogP contribution >= 0.6 is 22.9 Å². The van der Waals surface area contributed by atoms with Crippen LogP contribution < -0.4 is 5.32 Å². The van der Waals surface area contributed by atoms with Crippen LogP contribution in [0, 0.1) is 0 Å². The summed E-state index contributed by atoms with van der Waals surface area (Å²) in [6.45, 7) is 2.90. The van der Waals surface area contributed by atoms with E-state index in [4.69, 9.17) is 11.6 Å². The van der Waals surface area contributed by atoms with Crippen molar-refractivity contribution in [1.82, 2.24) is 9.97 Å². The second-order valence-electron chi connectivity index (χ2n) is 2.51. The van der Waals surface area contributed by atoms with E-state index in [-0.39, 0.29) is 0 Å². The molecule has 1 N–H and O–H groups in total. The number of rotatable bonds is 2. The van der Waals surface area contributed by atoms with Crippen molar-refractivity contribution in [3.8, 4) is 0 Å². The Balaban J connectivity index is 2.49. The van der Waals surface area contributed by atoms with Gasteiger partial charge in [0, 0.05) is 6.54 Å². The molecule has 2 aromatic rings. The van der Waals surface area contributed by atoms with Crippen molar-refractivity contribution in [2.75, 3.05) is 11.9 Å². The first-order valence-corrected chi connectivity index (χ1v) is 5.16. The highest BCUT2D eigenvalue weighted by atomic mass is 35.5. The molecule has 0 bridgehead atoms. The van der Waals surface area contributed by atoms with Crippen molar-refractivity contribution in [1.29, 1.82) is 0 Å². The number of hydrogen-bond donors (Lipinski definition) is 1. The van der Waals surface area contributed by atoms with Gasteiger partial charge in [0.05, 0.1) is 0 Å². The molecule has 2 heterocycles. The molecule has 0 unspecified atom stereocenters. The normalized spacial score (nSPS) is 10.6. The maximum Gasteiger partial charge on any atom is 0.185 e. The molecule has 0 amide bonds. The minimum absolute atomic E-state index is 0.513. The highest BCUT2D eigenvalue weighted by Gasteiger charge is 2.03. The van der Waals surface area contributed by atoms with E-state index >= 15 is 0 Å². The number of pyridine rings is 1. The summed E-state index contributed by atoms with van der Waals surface area (Å²) in [6, 6.07) is 3.63. The molecule has 13 heavy (non-hydrogen) atoms. The summed E-state index contributed by atoms with van der Waals surface area (Å²) >= 11 is 7.27. The van der Waals surface area contributed by atoms with Crippen LogP contribution in [0.15, 0.2) is 12.1 Å². The minimum atomic E-state index is 0.513. The molecular formula is C8H8ClN3S. The van der Waals surface area contributed by atoms with Gasteiger partial charge < -0.3 is 5.32 Å². The quantitative estimate of drug-likeness (QED) is 0.780. The largest absolute Gasteiger partial charge is 0.362 e. The number of nitrogens with zero attached hydrogens (tertiary/aromatic N) is 2. The van der Waals surface area contributed by atoms with Crippen molar-refractivity contribution in [2.45, 2.75) is 6.92 Å². The van der Waals surface area contributed by atoms with E-state index in [1.165, 1.54) is 11.3 Å². The summed E-state index contributed by atoms with van der Waals surface area (Å²) in [5.41, 5.74) is 0.894. The van der Waals surface area contributed by atoms with Crippen molar-refractivity contribution in [2.24, 2.45) is 0 Å². The van der Waals surface area contributed by atoms with Gasteiger partial charge in [0.15, 0.2) is 5.13 Å². The number of thiazole rings is 1. The third kappa shape index (κ3) is 1.73. The number of aromatic nitrogens is 2. The number of fused-ring (bicyclic) bond motifs is 1. The van der Waals surface area contributed by atoms with Crippen LogP contribution in [0.25, 0.3) is 10.3 Å².